The third-order valence-electron chi connectivity index (χ3n) is 4.60. The lowest BCUT2D eigenvalue weighted by Gasteiger charge is -2.14. The number of hydrogen-bond donors (Lipinski definition) is 2. The lowest BCUT2D eigenvalue weighted by Crippen LogP contribution is -2.18. The van der Waals surface area contributed by atoms with Crippen molar-refractivity contribution in [3.8, 4) is 11.4 Å². The number of halogens is 1. The number of pyridine rings is 1. The molecule has 0 radical (unpaired) electrons. The molecule has 2 aromatic carbocycles. The molecule has 2 aromatic heterocycles. The summed E-state index contributed by atoms with van der Waals surface area (Å²) in [5.74, 6) is 0.248. The molecule has 0 aliphatic heterocycles. The number of anilines is 1. The Bertz CT molecular complexity index is 1360. The standard InChI is InChI=1S/C23H18FN5O2/c1-31-17-4-2-3-16(14-17)29-12-9-22(30)23(28-29)21(7-10-25)27-20-8-11-26-19-6-5-15(24)13-18(19)20/h2-14,25H,1H3,(H,26,27)/b21-7-,25-10?. The average Bonchev–Trinajstić information content (AvgIpc) is 2.79. The summed E-state index contributed by atoms with van der Waals surface area (Å²) >= 11 is 0. The van der Waals surface area contributed by atoms with Gasteiger partial charge in [-0.05, 0) is 42.5 Å². The molecule has 2 N–H and O–H groups in total. The van der Waals surface area contributed by atoms with Crippen molar-refractivity contribution in [2.24, 2.45) is 0 Å². The maximum absolute atomic E-state index is 13.8. The van der Waals surface area contributed by atoms with E-state index in [1.165, 1.54) is 24.3 Å². The molecule has 0 atom stereocenters. The van der Waals surface area contributed by atoms with Crippen molar-refractivity contribution >= 4 is 28.5 Å². The molecule has 0 aliphatic rings. The van der Waals surface area contributed by atoms with Crippen LogP contribution >= 0.6 is 0 Å². The Morgan fingerprint density at radius 3 is 2.87 bits per heavy atom. The van der Waals surface area contributed by atoms with Crippen LogP contribution in [0.15, 0.2) is 77.9 Å². The molecule has 0 spiro atoms. The van der Waals surface area contributed by atoms with Crippen molar-refractivity contribution in [3.05, 3.63) is 94.8 Å². The lowest BCUT2D eigenvalue weighted by molar-refractivity contribution is 0.414. The van der Waals surface area contributed by atoms with Crippen LogP contribution in [0, 0.1) is 11.2 Å². The van der Waals surface area contributed by atoms with Gasteiger partial charge >= 0.3 is 0 Å². The van der Waals surface area contributed by atoms with Crippen molar-refractivity contribution in [1.29, 1.82) is 5.41 Å². The van der Waals surface area contributed by atoms with Gasteiger partial charge in [0, 0.05) is 41.8 Å². The van der Waals surface area contributed by atoms with Crippen LogP contribution in [-0.2, 0) is 0 Å². The second kappa shape index (κ2) is 8.58. The van der Waals surface area contributed by atoms with Gasteiger partial charge in [0.15, 0.2) is 5.69 Å². The van der Waals surface area contributed by atoms with Crippen molar-refractivity contribution in [2.75, 3.05) is 12.4 Å². The zero-order chi connectivity index (χ0) is 21.8. The van der Waals surface area contributed by atoms with Gasteiger partial charge in [-0.1, -0.05) is 6.07 Å². The molecule has 154 valence electrons. The summed E-state index contributed by atoms with van der Waals surface area (Å²) in [7, 11) is 1.57. The molecule has 2 heterocycles. The number of hydrogen-bond acceptors (Lipinski definition) is 6. The fraction of sp³-hybridized carbons (Fsp3) is 0.0435. The van der Waals surface area contributed by atoms with Crippen molar-refractivity contribution < 1.29 is 9.13 Å². The fourth-order valence-electron chi connectivity index (χ4n) is 3.13. The second-order valence-electron chi connectivity index (χ2n) is 6.57. The van der Waals surface area contributed by atoms with E-state index in [0.29, 0.717) is 33.7 Å². The molecule has 0 amide bonds. The number of benzene rings is 2. The van der Waals surface area contributed by atoms with Gasteiger partial charge < -0.3 is 15.5 Å². The molecule has 0 saturated heterocycles. The Balaban J connectivity index is 1.79. The van der Waals surface area contributed by atoms with Gasteiger partial charge in [0.05, 0.1) is 24.0 Å². The highest BCUT2D eigenvalue weighted by atomic mass is 19.1. The number of aromatic nitrogens is 3. The normalized spacial score (nSPS) is 11.4. The van der Waals surface area contributed by atoms with E-state index in [4.69, 9.17) is 10.1 Å². The minimum absolute atomic E-state index is 0.107. The molecule has 0 unspecified atom stereocenters. The van der Waals surface area contributed by atoms with Crippen LogP contribution in [0.4, 0.5) is 10.1 Å². The highest BCUT2D eigenvalue weighted by Crippen LogP contribution is 2.25. The summed E-state index contributed by atoms with van der Waals surface area (Å²) in [5.41, 5.74) is 1.91. The topological polar surface area (TPSA) is 92.9 Å². The Hall–Kier alpha value is -4.33. The van der Waals surface area contributed by atoms with Crippen LogP contribution in [0.3, 0.4) is 0 Å². The number of methoxy groups -OCH3 is 1. The van der Waals surface area contributed by atoms with Gasteiger partial charge in [0.2, 0.25) is 5.43 Å². The molecule has 31 heavy (non-hydrogen) atoms. The van der Waals surface area contributed by atoms with E-state index < -0.39 is 5.82 Å². The quantitative estimate of drug-likeness (QED) is 0.464. The van der Waals surface area contributed by atoms with E-state index in [-0.39, 0.29) is 11.1 Å². The molecule has 8 heteroatoms. The zero-order valence-electron chi connectivity index (χ0n) is 16.5. The van der Waals surface area contributed by atoms with Crippen LogP contribution in [0.1, 0.15) is 5.69 Å². The third-order valence-corrected chi connectivity index (χ3v) is 4.60. The summed E-state index contributed by atoms with van der Waals surface area (Å²) in [4.78, 5) is 16.9. The Morgan fingerprint density at radius 2 is 2.06 bits per heavy atom. The summed E-state index contributed by atoms with van der Waals surface area (Å²) in [5, 5.41) is 15.6. The fourth-order valence-corrected chi connectivity index (χ4v) is 3.13. The predicted molar refractivity (Wildman–Crippen MR) is 118 cm³/mol. The molecule has 0 fully saturated rings. The second-order valence-corrected chi connectivity index (χ2v) is 6.57. The van der Waals surface area contributed by atoms with Crippen LogP contribution in [0.2, 0.25) is 0 Å². The number of allylic oxidation sites excluding steroid dienone is 1. The van der Waals surface area contributed by atoms with Crippen LogP contribution in [0.25, 0.3) is 22.3 Å². The molecular formula is C23H18FN5O2. The number of ether oxygens (including phenoxy) is 1. The largest absolute Gasteiger partial charge is 0.497 e. The molecule has 4 rings (SSSR count). The molecule has 0 saturated carbocycles. The SMILES string of the molecule is COc1cccc(-n2ccc(=O)c(/C(=C/C=N)Nc3ccnc4ccc(F)cc34)n2)c1. The minimum atomic E-state index is -0.403. The maximum Gasteiger partial charge on any atom is 0.209 e. The summed E-state index contributed by atoms with van der Waals surface area (Å²) < 4.78 is 20.6. The van der Waals surface area contributed by atoms with E-state index >= 15 is 0 Å². The van der Waals surface area contributed by atoms with Gasteiger partial charge in [0.1, 0.15) is 11.6 Å². The maximum atomic E-state index is 13.8. The number of nitrogens with zero attached hydrogens (tertiary/aromatic N) is 3. The van der Waals surface area contributed by atoms with E-state index in [9.17, 15) is 9.18 Å². The number of rotatable bonds is 6. The van der Waals surface area contributed by atoms with E-state index in [1.54, 1.807) is 42.4 Å². The van der Waals surface area contributed by atoms with E-state index in [0.717, 1.165) is 6.21 Å². The first-order chi connectivity index (χ1) is 15.1. The molecule has 0 aliphatic carbocycles. The van der Waals surface area contributed by atoms with Crippen molar-refractivity contribution in [1.82, 2.24) is 14.8 Å². The molecule has 0 bridgehead atoms. The highest BCUT2D eigenvalue weighted by Gasteiger charge is 2.13. The summed E-state index contributed by atoms with van der Waals surface area (Å²) in [6, 6.07) is 14.6. The highest BCUT2D eigenvalue weighted by molar-refractivity contribution is 5.96. The molecule has 7 nitrogen and oxygen atoms in total. The van der Waals surface area contributed by atoms with E-state index in [1.807, 2.05) is 18.2 Å². The van der Waals surface area contributed by atoms with Gasteiger partial charge in [-0.3, -0.25) is 9.78 Å². The first-order valence-corrected chi connectivity index (χ1v) is 9.36. The summed E-state index contributed by atoms with van der Waals surface area (Å²) in [6.45, 7) is 0. The van der Waals surface area contributed by atoms with E-state index in [2.05, 4.69) is 15.4 Å². The van der Waals surface area contributed by atoms with Crippen molar-refractivity contribution in [3.63, 3.8) is 0 Å². The van der Waals surface area contributed by atoms with Crippen LogP contribution in [-0.4, -0.2) is 28.1 Å². The van der Waals surface area contributed by atoms with Crippen LogP contribution in [0.5, 0.6) is 5.75 Å². The average molecular weight is 415 g/mol. The van der Waals surface area contributed by atoms with Gasteiger partial charge in [-0.15, -0.1) is 0 Å². The first-order valence-electron chi connectivity index (χ1n) is 9.36. The van der Waals surface area contributed by atoms with Gasteiger partial charge in [-0.2, -0.15) is 5.10 Å². The Morgan fingerprint density at radius 1 is 1.19 bits per heavy atom. The van der Waals surface area contributed by atoms with Crippen LogP contribution < -0.4 is 15.5 Å². The molecule has 4 aromatic rings. The van der Waals surface area contributed by atoms with Gasteiger partial charge in [0.25, 0.3) is 0 Å². The predicted octanol–water partition coefficient (Wildman–Crippen LogP) is 4.03. The zero-order valence-corrected chi connectivity index (χ0v) is 16.5. The van der Waals surface area contributed by atoms with Crippen molar-refractivity contribution in [2.45, 2.75) is 0 Å². The Labute approximate surface area is 177 Å². The monoisotopic (exact) mass is 415 g/mol. The third kappa shape index (κ3) is 4.18. The number of nitrogens with one attached hydrogen (secondary N) is 2. The molecular weight excluding hydrogens is 397 g/mol. The first kappa shape index (κ1) is 20.0. The lowest BCUT2D eigenvalue weighted by atomic mass is 10.1. The number of fused-ring (bicyclic) bond motifs is 1. The smallest absolute Gasteiger partial charge is 0.209 e. The van der Waals surface area contributed by atoms with Gasteiger partial charge in [-0.25, -0.2) is 9.07 Å². The Kier molecular flexibility index (Phi) is 5.53. The minimum Gasteiger partial charge on any atom is -0.497 e. The summed E-state index contributed by atoms with van der Waals surface area (Å²) in [6.07, 6.45) is 5.61.